The summed E-state index contributed by atoms with van der Waals surface area (Å²) >= 11 is 0. The second-order valence-corrected chi connectivity index (χ2v) is 6.34. The maximum atomic E-state index is 12.1. The van der Waals surface area contributed by atoms with E-state index in [1.165, 1.54) is 11.1 Å². The van der Waals surface area contributed by atoms with E-state index in [1.54, 1.807) is 24.3 Å². The lowest BCUT2D eigenvalue weighted by atomic mass is 9.97. The van der Waals surface area contributed by atoms with Gasteiger partial charge in [0.1, 0.15) is 11.5 Å². The van der Waals surface area contributed by atoms with Gasteiger partial charge < -0.3 is 20.1 Å². The largest absolute Gasteiger partial charge is 0.493 e. The van der Waals surface area contributed by atoms with Crippen molar-refractivity contribution < 1.29 is 14.3 Å². The summed E-state index contributed by atoms with van der Waals surface area (Å²) in [5.41, 5.74) is 4.78. The molecule has 0 atom stereocenters. The van der Waals surface area contributed by atoms with Crippen LogP contribution in [0.25, 0.3) is 0 Å². The Balaban J connectivity index is 1.38. The number of carbonyl (C=O) groups is 1. The van der Waals surface area contributed by atoms with Crippen molar-refractivity contribution >= 4 is 11.7 Å². The van der Waals surface area contributed by atoms with Crippen LogP contribution < -0.4 is 20.1 Å². The van der Waals surface area contributed by atoms with Crippen LogP contribution in [0, 0.1) is 11.3 Å². The summed E-state index contributed by atoms with van der Waals surface area (Å²) in [5.74, 6) is 1.94. The van der Waals surface area contributed by atoms with Gasteiger partial charge in [-0.15, -0.1) is 0 Å². The molecule has 132 valence electrons. The van der Waals surface area contributed by atoms with Crippen LogP contribution in [0.3, 0.4) is 0 Å². The molecule has 2 aliphatic heterocycles. The topological polar surface area (TPSA) is 83.4 Å². The zero-order valence-electron chi connectivity index (χ0n) is 14.3. The number of urea groups is 1. The molecule has 0 spiro atoms. The highest BCUT2D eigenvalue weighted by Crippen LogP contribution is 2.40. The van der Waals surface area contributed by atoms with Gasteiger partial charge in [0.05, 0.1) is 24.8 Å². The molecule has 0 bridgehead atoms. The van der Waals surface area contributed by atoms with Crippen LogP contribution in [-0.4, -0.2) is 25.8 Å². The summed E-state index contributed by atoms with van der Waals surface area (Å²) in [7, 11) is 0. The van der Waals surface area contributed by atoms with E-state index in [4.69, 9.17) is 14.7 Å². The molecule has 6 nitrogen and oxygen atoms in total. The summed E-state index contributed by atoms with van der Waals surface area (Å²) in [4.78, 5) is 12.1. The molecule has 6 heteroatoms. The quantitative estimate of drug-likeness (QED) is 0.889. The van der Waals surface area contributed by atoms with Gasteiger partial charge >= 0.3 is 6.03 Å². The zero-order valence-corrected chi connectivity index (χ0v) is 14.3. The van der Waals surface area contributed by atoms with E-state index in [1.807, 2.05) is 0 Å². The van der Waals surface area contributed by atoms with Crippen molar-refractivity contribution in [2.75, 3.05) is 25.1 Å². The van der Waals surface area contributed by atoms with Gasteiger partial charge in [-0.2, -0.15) is 5.26 Å². The zero-order chi connectivity index (χ0) is 17.9. The fourth-order valence-electron chi connectivity index (χ4n) is 3.45. The molecule has 0 saturated carbocycles. The van der Waals surface area contributed by atoms with Gasteiger partial charge in [-0.3, -0.25) is 0 Å². The number of hydrogen-bond acceptors (Lipinski definition) is 4. The van der Waals surface area contributed by atoms with E-state index in [2.05, 4.69) is 22.8 Å². The molecular weight excluding hydrogens is 330 g/mol. The number of nitriles is 1. The Morgan fingerprint density at radius 2 is 1.96 bits per heavy atom. The second kappa shape index (κ2) is 6.96. The van der Waals surface area contributed by atoms with Crippen molar-refractivity contribution in [1.82, 2.24) is 5.32 Å². The van der Waals surface area contributed by atoms with Crippen molar-refractivity contribution in [3.8, 4) is 17.6 Å². The third-order valence-electron chi connectivity index (χ3n) is 4.69. The lowest BCUT2D eigenvalue weighted by Crippen LogP contribution is -2.30. The molecule has 26 heavy (non-hydrogen) atoms. The van der Waals surface area contributed by atoms with Crippen LogP contribution in [-0.2, 0) is 19.3 Å². The van der Waals surface area contributed by atoms with E-state index in [9.17, 15) is 4.79 Å². The Bertz CT molecular complexity index is 852. The molecule has 0 aliphatic carbocycles. The third-order valence-corrected chi connectivity index (χ3v) is 4.69. The molecular formula is C20H19N3O3. The highest BCUT2D eigenvalue weighted by molar-refractivity contribution is 5.89. The minimum atomic E-state index is -0.268. The number of ether oxygens (including phenoxy) is 2. The van der Waals surface area contributed by atoms with Crippen LogP contribution in [0.15, 0.2) is 30.3 Å². The van der Waals surface area contributed by atoms with Crippen LogP contribution in [0.4, 0.5) is 10.5 Å². The number of benzene rings is 2. The normalized spacial score (nSPS) is 13.8. The number of hydrogen-bond donors (Lipinski definition) is 2. The summed E-state index contributed by atoms with van der Waals surface area (Å²) in [6.07, 6.45) is 2.50. The van der Waals surface area contributed by atoms with E-state index in [-0.39, 0.29) is 6.03 Å². The van der Waals surface area contributed by atoms with Gasteiger partial charge in [0, 0.05) is 41.8 Å². The van der Waals surface area contributed by atoms with Crippen molar-refractivity contribution in [2.24, 2.45) is 0 Å². The first kappa shape index (κ1) is 16.3. The molecule has 2 aliphatic rings. The number of nitrogens with one attached hydrogen (secondary N) is 2. The van der Waals surface area contributed by atoms with E-state index in [0.717, 1.165) is 29.9 Å². The minimum absolute atomic E-state index is 0.268. The molecule has 2 N–H and O–H groups in total. The Hall–Kier alpha value is -3.20. The van der Waals surface area contributed by atoms with Crippen LogP contribution >= 0.6 is 0 Å². The Kier molecular flexibility index (Phi) is 4.36. The SMILES string of the molecule is N#Cc1ccc(NC(=O)NCCc2c3c(cc4c2OCC4)OCC3)cc1. The fraction of sp³-hybridized carbons (Fsp3) is 0.300. The van der Waals surface area contributed by atoms with Crippen molar-refractivity contribution in [3.05, 3.63) is 52.6 Å². The maximum Gasteiger partial charge on any atom is 0.319 e. The van der Waals surface area contributed by atoms with Crippen molar-refractivity contribution in [3.63, 3.8) is 0 Å². The standard InChI is InChI=1S/C20H19N3O3/c21-12-13-1-3-15(4-2-13)23-20(24)22-8-5-17-16-7-10-25-18(16)11-14-6-9-26-19(14)17/h1-4,11H,5-10H2,(H2,22,23,24). The number of fused-ring (bicyclic) bond motifs is 2. The number of amides is 2. The maximum absolute atomic E-state index is 12.1. The third kappa shape index (κ3) is 3.16. The van der Waals surface area contributed by atoms with Crippen molar-refractivity contribution in [2.45, 2.75) is 19.3 Å². The summed E-state index contributed by atoms with van der Waals surface area (Å²) in [5, 5.41) is 14.4. The minimum Gasteiger partial charge on any atom is -0.493 e. The van der Waals surface area contributed by atoms with Crippen LogP contribution in [0.1, 0.15) is 22.3 Å². The summed E-state index contributed by atoms with van der Waals surface area (Å²) in [6.45, 7) is 1.92. The summed E-state index contributed by atoms with van der Waals surface area (Å²) < 4.78 is 11.5. The Morgan fingerprint density at radius 1 is 1.15 bits per heavy atom. The molecule has 2 aromatic carbocycles. The molecule has 2 amide bonds. The van der Waals surface area contributed by atoms with Crippen molar-refractivity contribution in [1.29, 1.82) is 5.26 Å². The number of rotatable bonds is 4. The lowest BCUT2D eigenvalue weighted by molar-refractivity contribution is 0.252. The Morgan fingerprint density at radius 3 is 2.77 bits per heavy atom. The average molecular weight is 349 g/mol. The molecule has 0 fully saturated rings. The average Bonchev–Trinajstić information content (AvgIpc) is 3.30. The number of carbonyl (C=O) groups excluding carboxylic acids is 1. The predicted molar refractivity (Wildman–Crippen MR) is 96.7 cm³/mol. The van der Waals surface area contributed by atoms with E-state index in [0.29, 0.717) is 37.4 Å². The first-order valence-corrected chi connectivity index (χ1v) is 8.73. The van der Waals surface area contributed by atoms with Gasteiger partial charge in [0.15, 0.2) is 0 Å². The van der Waals surface area contributed by atoms with Crippen LogP contribution in [0.5, 0.6) is 11.5 Å². The molecule has 2 heterocycles. The molecule has 4 rings (SSSR count). The number of anilines is 1. The lowest BCUT2D eigenvalue weighted by Gasteiger charge is -2.13. The highest BCUT2D eigenvalue weighted by Gasteiger charge is 2.26. The number of nitrogens with zero attached hydrogens (tertiary/aromatic N) is 1. The van der Waals surface area contributed by atoms with Gasteiger partial charge in [-0.25, -0.2) is 4.79 Å². The molecule has 0 aromatic heterocycles. The first-order valence-electron chi connectivity index (χ1n) is 8.73. The second-order valence-electron chi connectivity index (χ2n) is 6.34. The first-order chi connectivity index (χ1) is 12.7. The summed E-state index contributed by atoms with van der Waals surface area (Å²) in [6, 6.07) is 10.6. The highest BCUT2D eigenvalue weighted by atomic mass is 16.5. The van der Waals surface area contributed by atoms with Crippen LogP contribution in [0.2, 0.25) is 0 Å². The van der Waals surface area contributed by atoms with E-state index < -0.39 is 0 Å². The van der Waals surface area contributed by atoms with Gasteiger partial charge in [-0.05, 0) is 36.8 Å². The monoisotopic (exact) mass is 349 g/mol. The molecule has 2 aromatic rings. The molecule has 0 radical (unpaired) electrons. The predicted octanol–water partition coefficient (Wildman–Crippen LogP) is 2.79. The molecule has 0 saturated heterocycles. The Labute approximate surface area is 151 Å². The van der Waals surface area contributed by atoms with Gasteiger partial charge in [-0.1, -0.05) is 0 Å². The van der Waals surface area contributed by atoms with E-state index >= 15 is 0 Å². The molecule has 0 unspecified atom stereocenters. The van der Waals surface area contributed by atoms with Gasteiger partial charge in [0.25, 0.3) is 0 Å². The smallest absolute Gasteiger partial charge is 0.319 e. The fourth-order valence-corrected chi connectivity index (χ4v) is 3.45. The van der Waals surface area contributed by atoms with Gasteiger partial charge in [0.2, 0.25) is 0 Å².